The third-order valence-electron chi connectivity index (χ3n) is 3.89. The zero-order valence-corrected chi connectivity index (χ0v) is 16.2. The number of hydrogen-bond acceptors (Lipinski definition) is 5. The molecule has 7 heteroatoms. The number of benzene rings is 3. The maximum atomic E-state index is 12.3. The molecule has 0 aromatic heterocycles. The maximum absolute atomic E-state index is 12.3. The first kappa shape index (κ1) is 20.1. The van der Waals surface area contributed by atoms with Crippen molar-refractivity contribution in [1.82, 2.24) is 5.43 Å². The van der Waals surface area contributed by atoms with Gasteiger partial charge in [0.15, 0.2) is 0 Å². The summed E-state index contributed by atoms with van der Waals surface area (Å²) in [6.07, 6.45) is 1.44. The first-order valence-electron chi connectivity index (χ1n) is 8.61. The highest BCUT2D eigenvalue weighted by atomic mass is 35.5. The lowest BCUT2D eigenvalue weighted by molar-refractivity contribution is 0.0734. The monoisotopic (exact) mass is 408 g/mol. The summed E-state index contributed by atoms with van der Waals surface area (Å²) in [5, 5.41) is 4.26. The van der Waals surface area contributed by atoms with Crippen LogP contribution in [0.2, 0.25) is 5.02 Å². The Bertz CT molecular complexity index is 1050. The van der Waals surface area contributed by atoms with Crippen molar-refractivity contribution >= 4 is 29.7 Å². The summed E-state index contributed by atoms with van der Waals surface area (Å²) in [4.78, 5) is 24.3. The van der Waals surface area contributed by atoms with Crippen LogP contribution in [0.1, 0.15) is 26.3 Å². The van der Waals surface area contributed by atoms with E-state index in [-0.39, 0.29) is 0 Å². The van der Waals surface area contributed by atoms with E-state index in [9.17, 15) is 9.59 Å². The lowest BCUT2D eigenvalue weighted by atomic mass is 10.2. The highest BCUT2D eigenvalue weighted by Crippen LogP contribution is 2.17. The molecule has 0 spiro atoms. The van der Waals surface area contributed by atoms with Crippen molar-refractivity contribution in [3.63, 3.8) is 0 Å². The predicted molar refractivity (Wildman–Crippen MR) is 111 cm³/mol. The van der Waals surface area contributed by atoms with Crippen LogP contribution in [0.3, 0.4) is 0 Å². The summed E-state index contributed by atoms with van der Waals surface area (Å²) in [5.74, 6) is 0.0912. The van der Waals surface area contributed by atoms with E-state index in [1.54, 1.807) is 79.9 Å². The van der Waals surface area contributed by atoms with Gasteiger partial charge < -0.3 is 9.47 Å². The standard InChI is InChI=1S/C22H17ClN2O4/c1-28-17-11-9-16(10-12-17)22(27)29-18-6-4-5-15(13-18)14-24-25-21(26)19-7-2-3-8-20(19)23/h2-14H,1H3,(H,25,26). The minimum atomic E-state index is -0.492. The van der Waals surface area contributed by atoms with Gasteiger partial charge in [-0.3, -0.25) is 4.79 Å². The Morgan fingerprint density at radius 2 is 1.72 bits per heavy atom. The summed E-state index contributed by atoms with van der Waals surface area (Å²) in [6.45, 7) is 0. The number of methoxy groups -OCH3 is 1. The molecule has 146 valence electrons. The summed E-state index contributed by atoms with van der Waals surface area (Å²) >= 11 is 5.98. The van der Waals surface area contributed by atoms with E-state index in [1.165, 1.54) is 6.21 Å². The second-order valence-corrected chi connectivity index (χ2v) is 6.28. The summed E-state index contributed by atoms with van der Waals surface area (Å²) in [6, 6.07) is 20.0. The lowest BCUT2D eigenvalue weighted by Crippen LogP contribution is -2.17. The van der Waals surface area contributed by atoms with E-state index in [1.807, 2.05) is 0 Å². The van der Waals surface area contributed by atoms with Gasteiger partial charge in [-0.1, -0.05) is 35.9 Å². The van der Waals surface area contributed by atoms with Gasteiger partial charge in [0.05, 0.1) is 29.5 Å². The molecular weight excluding hydrogens is 392 g/mol. The second kappa shape index (κ2) is 9.52. The fraction of sp³-hybridized carbons (Fsp3) is 0.0455. The zero-order valence-electron chi connectivity index (χ0n) is 15.5. The number of carbonyl (C=O) groups is 2. The van der Waals surface area contributed by atoms with Gasteiger partial charge in [-0.2, -0.15) is 5.10 Å². The Hall–Kier alpha value is -3.64. The number of esters is 1. The van der Waals surface area contributed by atoms with Crippen LogP contribution < -0.4 is 14.9 Å². The summed E-state index contributed by atoms with van der Waals surface area (Å²) < 4.78 is 10.4. The molecule has 0 unspecified atom stereocenters. The molecule has 0 aliphatic heterocycles. The molecular formula is C22H17ClN2O4. The number of amides is 1. The number of ether oxygens (including phenoxy) is 2. The number of rotatable bonds is 6. The van der Waals surface area contributed by atoms with Crippen molar-refractivity contribution in [3.8, 4) is 11.5 Å². The maximum Gasteiger partial charge on any atom is 0.343 e. The van der Waals surface area contributed by atoms with Crippen molar-refractivity contribution in [2.45, 2.75) is 0 Å². The van der Waals surface area contributed by atoms with Gasteiger partial charge in [-0.05, 0) is 54.1 Å². The predicted octanol–water partition coefficient (Wildman–Crippen LogP) is 4.33. The van der Waals surface area contributed by atoms with Crippen molar-refractivity contribution in [2.24, 2.45) is 5.10 Å². The van der Waals surface area contributed by atoms with Crippen LogP contribution in [-0.2, 0) is 0 Å². The molecule has 0 bridgehead atoms. The quantitative estimate of drug-likeness (QED) is 0.285. The molecule has 29 heavy (non-hydrogen) atoms. The van der Waals surface area contributed by atoms with Crippen LogP contribution in [0.15, 0.2) is 77.9 Å². The average molecular weight is 409 g/mol. The topological polar surface area (TPSA) is 77.0 Å². The molecule has 6 nitrogen and oxygen atoms in total. The van der Waals surface area contributed by atoms with E-state index in [4.69, 9.17) is 21.1 Å². The molecule has 0 heterocycles. The summed E-state index contributed by atoms with van der Waals surface area (Å²) in [7, 11) is 1.55. The van der Waals surface area contributed by atoms with E-state index >= 15 is 0 Å². The van der Waals surface area contributed by atoms with Gasteiger partial charge in [-0.25, -0.2) is 10.2 Å². The van der Waals surface area contributed by atoms with Crippen LogP contribution in [0.5, 0.6) is 11.5 Å². The van der Waals surface area contributed by atoms with E-state index < -0.39 is 11.9 Å². The number of hydrogen-bond donors (Lipinski definition) is 1. The van der Waals surface area contributed by atoms with Crippen molar-refractivity contribution in [1.29, 1.82) is 0 Å². The lowest BCUT2D eigenvalue weighted by Gasteiger charge is -2.06. The van der Waals surface area contributed by atoms with Crippen LogP contribution in [-0.4, -0.2) is 25.2 Å². The normalized spacial score (nSPS) is 10.6. The van der Waals surface area contributed by atoms with Gasteiger partial charge in [0, 0.05) is 0 Å². The largest absolute Gasteiger partial charge is 0.497 e. The first-order chi connectivity index (χ1) is 14.1. The Balaban J connectivity index is 1.63. The van der Waals surface area contributed by atoms with Crippen LogP contribution in [0.25, 0.3) is 0 Å². The van der Waals surface area contributed by atoms with Crippen molar-refractivity contribution in [2.75, 3.05) is 7.11 Å². The van der Waals surface area contributed by atoms with E-state index in [0.29, 0.717) is 33.2 Å². The van der Waals surface area contributed by atoms with E-state index in [0.717, 1.165) is 0 Å². The van der Waals surface area contributed by atoms with Gasteiger partial charge in [0.25, 0.3) is 5.91 Å². The van der Waals surface area contributed by atoms with E-state index in [2.05, 4.69) is 10.5 Å². The minimum Gasteiger partial charge on any atom is -0.497 e. The molecule has 3 rings (SSSR count). The third-order valence-corrected chi connectivity index (χ3v) is 4.22. The summed E-state index contributed by atoms with van der Waals surface area (Å²) in [5.41, 5.74) is 3.78. The Morgan fingerprint density at radius 3 is 2.45 bits per heavy atom. The molecule has 0 aliphatic rings. The average Bonchev–Trinajstić information content (AvgIpc) is 2.74. The van der Waals surface area contributed by atoms with Gasteiger partial charge in [-0.15, -0.1) is 0 Å². The molecule has 0 aliphatic carbocycles. The molecule has 3 aromatic rings. The fourth-order valence-electron chi connectivity index (χ4n) is 2.42. The molecule has 1 N–H and O–H groups in total. The highest BCUT2D eigenvalue weighted by molar-refractivity contribution is 6.33. The fourth-order valence-corrected chi connectivity index (χ4v) is 2.64. The molecule has 1 amide bonds. The number of halogens is 1. The zero-order chi connectivity index (χ0) is 20.6. The second-order valence-electron chi connectivity index (χ2n) is 5.87. The number of nitrogens with zero attached hydrogens (tertiary/aromatic N) is 1. The van der Waals surface area contributed by atoms with Crippen LogP contribution in [0, 0.1) is 0 Å². The minimum absolute atomic E-state index is 0.327. The number of carbonyl (C=O) groups excluding carboxylic acids is 2. The molecule has 0 saturated heterocycles. The van der Waals surface area contributed by atoms with Crippen LogP contribution in [0.4, 0.5) is 0 Å². The molecule has 3 aromatic carbocycles. The third kappa shape index (κ3) is 5.43. The first-order valence-corrected chi connectivity index (χ1v) is 8.99. The van der Waals surface area contributed by atoms with Crippen LogP contribution >= 0.6 is 11.6 Å². The van der Waals surface area contributed by atoms with Gasteiger partial charge in [0.1, 0.15) is 11.5 Å². The smallest absolute Gasteiger partial charge is 0.343 e. The number of nitrogens with one attached hydrogen (secondary N) is 1. The van der Waals surface area contributed by atoms with Crippen molar-refractivity contribution < 1.29 is 19.1 Å². The molecule has 0 radical (unpaired) electrons. The molecule has 0 saturated carbocycles. The Morgan fingerprint density at radius 1 is 0.966 bits per heavy atom. The highest BCUT2D eigenvalue weighted by Gasteiger charge is 2.10. The number of hydrazone groups is 1. The molecule has 0 fully saturated rings. The van der Waals surface area contributed by atoms with Gasteiger partial charge >= 0.3 is 5.97 Å². The molecule has 0 atom stereocenters. The Kier molecular flexibility index (Phi) is 6.60. The van der Waals surface area contributed by atoms with Gasteiger partial charge in [0.2, 0.25) is 0 Å². The SMILES string of the molecule is COc1ccc(C(=O)Oc2cccc(C=NNC(=O)c3ccccc3Cl)c2)cc1. The van der Waals surface area contributed by atoms with Crippen molar-refractivity contribution in [3.05, 3.63) is 94.5 Å². The Labute approximate surface area is 172 Å².